The summed E-state index contributed by atoms with van der Waals surface area (Å²) in [6.07, 6.45) is 0. The highest BCUT2D eigenvalue weighted by molar-refractivity contribution is 5.81. The molecule has 0 radical (unpaired) electrons. The summed E-state index contributed by atoms with van der Waals surface area (Å²) in [5.74, 6) is 0.972. The van der Waals surface area contributed by atoms with Gasteiger partial charge in [-0.25, -0.2) is 0 Å². The largest absolute Gasteiger partial charge is 0.497 e. The van der Waals surface area contributed by atoms with Crippen molar-refractivity contribution >= 4 is 11.6 Å². The fraction of sp³-hybridized carbons (Fsp3) is 0.500. The van der Waals surface area contributed by atoms with Crippen LogP contribution in [0.5, 0.6) is 5.75 Å². The van der Waals surface area contributed by atoms with Gasteiger partial charge in [-0.15, -0.1) is 0 Å². The molecule has 1 saturated heterocycles. The number of carbonyl (C=O) groups is 1. The van der Waals surface area contributed by atoms with Crippen LogP contribution < -0.4 is 10.1 Å². The summed E-state index contributed by atoms with van der Waals surface area (Å²) < 4.78 is 5.09. The monoisotopic (exact) mass is 263 g/mol. The molecule has 1 amide bonds. The fourth-order valence-electron chi connectivity index (χ4n) is 2.05. The number of carbonyl (C=O) groups excluding carboxylic acids is 1. The van der Waals surface area contributed by atoms with E-state index in [-0.39, 0.29) is 5.91 Å². The van der Waals surface area contributed by atoms with Crippen LogP contribution in [0, 0.1) is 0 Å². The minimum absolute atomic E-state index is 0.156. The summed E-state index contributed by atoms with van der Waals surface area (Å²) in [4.78, 5) is 16.2. The van der Waals surface area contributed by atoms with Crippen LogP contribution in [0.15, 0.2) is 24.3 Å². The van der Waals surface area contributed by atoms with Gasteiger partial charge in [0.2, 0.25) is 5.91 Å². The van der Waals surface area contributed by atoms with Crippen molar-refractivity contribution < 1.29 is 9.53 Å². The molecule has 19 heavy (non-hydrogen) atoms. The Morgan fingerprint density at radius 2 is 1.84 bits per heavy atom. The van der Waals surface area contributed by atoms with E-state index in [0.717, 1.165) is 37.6 Å². The van der Waals surface area contributed by atoms with Crippen molar-refractivity contribution in [2.45, 2.75) is 0 Å². The molecule has 0 saturated carbocycles. The molecule has 0 aliphatic carbocycles. The standard InChI is InChI=1S/C14H21N3O2/c1-16-7-9-17(10-8-16)14(18)11-15-12-3-5-13(19-2)6-4-12/h3-6,15H,7-11H2,1-2H3. The number of rotatable bonds is 4. The minimum Gasteiger partial charge on any atom is -0.497 e. The van der Waals surface area contributed by atoms with Crippen LogP contribution >= 0.6 is 0 Å². The molecule has 1 aliphatic rings. The van der Waals surface area contributed by atoms with Gasteiger partial charge in [-0.2, -0.15) is 0 Å². The minimum atomic E-state index is 0.156. The molecule has 0 aromatic heterocycles. The van der Waals surface area contributed by atoms with Crippen LogP contribution in [0.4, 0.5) is 5.69 Å². The van der Waals surface area contributed by atoms with Gasteiger partial charge in [-0.1, -0.05) is 0 Å². The van der Waals surface area contributed by atoms with Gasteiger partial charge in [-0.3, -0.25) is 4.79 Å². The number of likely N-dealkylation sites (N-methyl/N-ethyl adjacent to an activating group) is 1. The van der Waals surface area contributed by atoms with Crippen LogP contribution in [-0.4, -0.2) is 62.6 Å². The second-order valence-corrected chi connectivity index (χ2v) is 4.77. The first-order valence-electron chi connectivity index (χ1n) is 6.53. The van der Waals surface area contributed by atoms with Crippen molar-refractivity contribution in [2.24, 2.45) is 0 Å². The van der Waals surface area contributed by atoms with Gasteiger partial charge in [0, 0.05) is 31.9 Å². The summed E-state index contributed by atoms with van der Waals surface area (Å²) in [5, 5.41) is 3.14. The van der Waals surface area contributed by atoms with Crippen molar-refractivity contribution in [2.75, 3.05) is 52.2 Å². The highest BCUT2D eigenvalue weighted by Crippen LogP contribution is 2.14. The van der Waals surface area contributed by atoms with E-state index in [4.69, 9.17) is 4.74 Å². The number of ether oxygens (including phenoxy) is 1. The van der Waals surface area contributed by atoms with Crippen LogP contribution in [0.25, 0.3) is 0 Å². The first-order chi connectivity index (χ1) is 9.19. The molecule has 1 heterocycles. The van der Waals surface area contributed by atoms with Crippen molar-refractivity contribution in [1.29, 1.82) is 0 Å². The van der Waals surface area contributed by atoms with Crippen molar-refractivity contribution in [3.8, 4) is 5.75 Å². The second-order valence-electron chi connectivity index (χ2n) is 4.77. The number of piperazine rings is 1. The number of nitrogens with one attached hydrogen (secondary N) is 1. The first-order valence-corrected chi connectivity index (χ1v) is 6.53. The summed E-state index contributed by atoms with van der Waals surface area (Å²) in [6, 6.07) is 7.58. The Morgan fingerprint density at radius 3 is 2.42 bits per heavy atom. The van der Waals surface area contributed by atoms with Crippen molar-refractivity contribution in [3.05, 3.63) is 24.3 Å². The average Bonchev–Trinajstić information content (AvgIpc) is 2.46. The van der Waals surface area contributed by atoms with Gasteiger partial charge in [0.05, 0.1) is 13.7 Å². The van der Waals surface area contributed by atoms with Gasteiger partial charge in [0.1, 0.15) is 5.75 Å². The maximum absolute atomic E-state index is 12.0. The van der Waals surface area contributed by atoms with E-state index in [1.165, 1.54) is 0 Å². The van der Waals surface area contributed by atoms with Crippen LogP contribution in [0.1, 0.15) is 0 Å². The van der Waals surface area contributed by atoms with Gasteiger partial charge < -0.3 is 19.9 Å². The molecule has 1 aromatic carbocycles. The maximum atomic E-state index is 12.0. The number of benzene rings is 1. The third kappa shape index (κ3) is 3.86. The SMILES string of the molecule is COc1ccc(NCC(=O)N2CCN(C)CC2)cc1. The number of hydrogen-bond acceptors (Lipinski definition) is 4. The molecule has 1 fully saturated rings. The molecule has 0 bridgehead atoms. The zero-order valence-electron chi connectivity index (χ0n) is 11.6. The molecular formula is C14H21N3O2. The summed E-state index contributed by atoms with van der Waals surface area (Å²) in [6.45, 7) is 3.89. The topological polar surface area (TPSA) is 44.8 Å². The molecule has 5 nitrogen and oxygen atoms in total. The number of hydrogen-bond donors (Lipinski definition) is 1. The predicted molar refractivity (Wildman–Crippen MR) is 75.6 cm³/mol. The maximum Gasteiger partial charge on any atom is 0.241 e. The Hall–Kier alpha value is -1.75. The molecule has 5 heteroatoms. The van der Waals surface area contributed by atoms with Crippen LogP contribution in [0.2, 0.25) is 0 Å². The van der Waals surface area contributed by atoms with E-state index in [9.17, 15) is 4.79 Å². The molecule has 1 N–H and O–H groups in total. The summed E-state index contributed by atoms with van der Waals surface area (Å²) in [5.41, 5.74) is 0.934. The van der Waals surface area contributed by atoms with Crippen LogP contribution in [-0.2, 0) is 4.79 Å². The smallest absolute Gasteiger partial charge is 0.241 e. The van der Waals surface area contributed by atoms with E-state index >= 15 is 0 Å². The Labute approximate surface area is 114 Å². The molecular weight excluding hydrogens is 242 g/mol. The third-order valence-corrected chi connectivity index (χ3v) is 3.39. The van der Waals surface area contributed by atoms with Crippen molar-refractivity contribution in [3.63, 3.8) is 0 Å². The van der Waals surface area contributed by atoms with Gasteiger partial charge >= 0.3 is 0 Å². The summed E-state index contributed by atoms with van der Waals surface area (Å²) in [7, 11) is 3.72. The lowest BCUT2D eigenvalue weighted by Crippen LogP contribution is -2.48. The molecule has 0 spiro atoms. The van der Waals surface area contributed by atoms with E-state index in [1.54, 1.807) is 7.11 Å². The molecule has 1 aromatic rings. The Balaban J connectivity index is 1.79. The normalized spacial score (nSPS) is 16.2. The van der Waals surface area contributed by atoms with Crippen LogP contribution in [0.3, 0.4) is 0 Å². The van der Waals surface area contributed by atoms with E-state index in [0.29, 0.717) is 6.54 Å². The molecule has 104 valence electrons. The first kappa shape index (κ1) is 13.7. The lowest BCUT2D eigenvalue weighted by Gasteiger charge is -2.32. The van der Waals surface area contributed by atoms with Gasteiger partial charge in [-0.05, 0) is 31.3 Å². The second kappa shape index (κ2) is 6.43. The Morgan fingerprint density at radius 1 is 1.21 bits per heavy atom. The van der Waals surface area contributed by atoms with E-state index in [2.05, 4.69) is 17.3 Å². The van der Waals surface area contributed by atoms with Crippen molar-refractivity contribution in [1.82, 2.24) is 9.80 Å². The average molecular weight is 263 g/mol. The predicted octanol–water partition coefficient (Wildman–Crippen LogP) is 0.881. The van der Waals surface area contributed by atoms with E-state index in [1.807, 2.05) is 29.2 Å². The third-order valence-electron chi connectivity index (χ3n) is 3.39. The number of anilines is 1. The highest BCUT2D eigenvalue weighted by Gasteiger charge is 2.18. The summed E-state index contributed by atoms with van der Waals surface area (Å²) >= 11 is 0. The highest BCUT2D eigenvalue weighted by atomic mass is 16.5. The number of methoxy groups -OCH3 is 1. The molecule has 1 aliphatic heterocycles. The Kier molecular flexibility index (Phi) is 4.63. The lowest BCUT2D eigenvalue weighted by atomic mass is 10.3. The number of nitrogens with zero attached hydrogens (tertiary/aromatic N) is 2. The zero-order chi connectivity index (χ0) is 13.7. The quantitative estimate of drug-likeness (QED) is 0.876. The number of amides is 1. The molecule has 0 unspecified atom stereocenters. The Bertz CT molecular complexity index is 411. The van der Waals surface area contributed by atoms with E-state index < -0.39 is 0 Å². The van der Waals surface area contributed by atoms with Gasteiger partial charge in [0.15, 0.2) is 0 Å². The van der Waals surface area contributed by atoms with Gasteiger partial charge in [0.25, 0.3) is 0 Å². The lowest BCUT2D eigenvalue weighted by molar-refractivity contribution is -0.130. The molecule has 2 rings (SSSR count). The molecule has 0 atom stereocenters. The fourth-order valence-corrected chi connectivity index (χ4v) is 2.05. The zero-order valence-corrected chi connectivity index (χ0v) is 11.6.